The summed E-state index contributed by atoms with van der Waals surface area (Å²) >= 11 is 0. The van der Waals surface area contributed by atoms with Crippen molar-refractivity contribution in [3.8, 4) is 5.75 Å². The topological polar surface area (TPSA) is 58.6 Å². The highest BCUT2D eigenvalue weighted by Gasteiger charge is 2.32. The van der Waals surface area contributed by atoms with Gasteiger partial charge in [-0.2, -0.15) is 0 Å². The van der Waals surface area contributed by atoms with Gasteiger partial charge in [-0.3, -0.25) is 9.78 Å². The quantitative estimate of drug-likeness (QED) is 0.838. The molecule has 0 unspecified atom stereocenters. The summed E-state index contributed by atoms with van der Waals surface area (Å²) < 4.78 is 18.9. The van der Waals surface area contributed by atoms with Crippen molar-refractivity contribution in [2.45, 2.75) is 12.8 Å². The fraction of sp³-hybridized carbons (Fsp3) is 0.389. The number of rotatable bonds is 2. The first kappa shape index (κ1) is 15.8. The predicted octanol–water partition coefficient (Wildman–Crippen LogP) is 2.26. The van der Waals surface area contributed by atoms with Crippen LogP contribution in [0.4, 0.5) is 15.9 Å². The van der Waals surface area contributed by atoms with E-state index in [9.17, 15) is 9.18 Å². The molecule has 0 aliphatic carbocycles. The normalized spacial score (nSPS) is 17.8. The summed E-state index contributed by atoms with van der Waals surface area (Å²) in [6, 6.07) is 4.33. The Balaban J connectivity index is 1.45. The van der Waals surface area contributed by atoms with E-state index in [-0.39, 0.29) is 17.6 Å². The van der Waals surface area contributed by atoms with Gasteiger partial charge in [0.05, 0.1) is 18.4 Å². The van der Waals surface area contributed by atoms with Gasteiger partial charge in [0, 0.05) is 37.5 Å². The summed E-state index contributed by atoms with van der Waals surface area (Å²) in [6.07, 6.45) is 6.61. The molecule has 0 radical (unpaired) electrons. The minimum atomic E-state index is -0.356. The smallest absolute Gasteiger partial charge is 0.230 e. The Morgan fingerprint density at radius 2 is 2.04 bits per heavy atom. The van der Waals surface area contributed by atoms with Gasteiger partial charge in [-0.15, -0.1) is 0 Å². The lowest BCUT2D eigenvalue weighted by molar-refractivity contribution is -0.123. The Morgan fingerprint density at radius 1 is 1.20 bits per heavy atom. The van der Waals surface area contributed by atoms with Crippen molar-refractivity contribution in [2.75, 3.05) is 36.0 Å². The molecule has 0 saturated carbocycles. The average molecular weight is 342 g/mol. The number of hydrogen-bond donors (Lipinski definition) is 0. The Labute approximate surface area is 145 Å². The summed E-state index contributed by atoms with van der Waals surface area (Å²) in [4.78, 5) is 25.3. The van der Waals surface area contributed by atoms with E-state index in [1.54, 1.807) is 29.6 Å². The fourth-order valence-electron chi connectivity index (χ4n) is 3.45. The van der Waals surface area contributed by atoms with Crippen LogP contribution in [0.3, 0.4) is 0 Å². The molecule has 130 valence electrons. The van der Waals surface area contributed by atoms with Gasteiger partial charge >= 0.3 is 0 Å². The molecular formula is C18H19FN4O2. The van der Waals surface area contributed by atoms with E-state index in [2.05, 4.69) is 14.9 Å². The van der Waals surface area contributed by atoms with E-state index in [4.69, 9.17) is 4.74 Å². The van der Waals surface area contributed by atoms with Gasteiger partial charge in [-0.1, -0.05) is 0 Å². The molecule has 1 aromatic carbocycles. The Hall–Kier alpha value is -2.70. The van der Waals surface area contributed by atoms with Crippen molar-refractivity contribution in [3.63, 3.8) is 0 Å². The molecule has 25 heavy (non-hydrogen) atoms. The summed E-state index contributed by atoms with van der Waals surface area (Å²) in [5.74, 6) is 0.987. The number of halogens is 1. The van der Waals surface area contributed by atoms with Gasteiger partial charge in [0.25, 0.3) is 0 Å². The number of piperidine rings is 1. The van der Waals surface area contributed by atoms with Crippen molar-refractivity contribution in [1.82, 2.24) is 9.97 Å². The van der Waals surface area contributed by atoms with E-state index in [1.807, 2.05) is 0 Å². The molecule has 1 amide bonds. The highest BCUT2D eigenvalue weighted by Crippen LogP contribution is 2.34. The van der Waals surface area contributed by atoms with Gasteiger partial charge in [0.2, 0.25) is 5.91 Å². The fourth-order valence-corrected chi connectivity index (χ4v) is 3.45. The highest BCUT2D eigenvalue weighted by molar-refractivity contribution is 5.97. The minimum absolute atomic E-state index is 0.0380. The monoisotopic (exact) mass is 342 g/mol. The Bertz CT molecular complexity index is 763. The second-order valence-corrected chi connectivity index (χ2v) is 6.28. The molecule has 1 saturated heterocycles. The molecule has 0 atom stereocenters. The van der Waals surface area contributed by atoms with Gasteiger partial charge in [-0.25, -0.2) is 9.37 Å². The maximum atomic E-state index is 13.4. The molecular weight excluding hydrogens is 323 g/mol. The lowest BCUT2D eigenvalue weighted by Gasteiger charge is -2.36. The largest absolute Gasteiger partial charge is 0.489 e. The van der Waals surface area contributed by atoms with Crippen LogP contribution in [-0.2, 0) is 4.79 Å². The number of carbonyl (C=O) groups is 1. The summed E-state index contributed by atoms with van der Waals surface area (Å²) in [5, 5.41) is 0. The zero-order valence-electron chi connectivity index (χ0n) is 13.8. The third kappa shape index (κ3) is 3.14. The van der Waals surface area contributed by atoms with E-state index < -0.39 is 0 Å². The van der Waals surface area contributed by atoms with E-state index >= 15 is 0 Å². The molecule has 1 aromatic heterocycles. The molecule has 1 fully saturated rings. The third-order valence-corrected chi connectivity index (χ3v) is 4.77. The van der Waals surface area contributed by atoms with Crippen molar-refractivity contribution >= 4 is 17.4 Å². The number of carbonyl (C=O) groups excluding carboxylic acids is 1. The van der Waals surface area contributed by atoms with Crippen molar-refractivity contribution < 1.29 is 13.9 Å². The first-order valence-electron chi connectivity index (χ1n) is 8.47. The van der Waals surface area contributed by atoms with Crippen molar-refractivity contribution in [2.24, 2.45) is 5.92 Å². The molecule has 4 rings (SSSR count). The van der Waals surface area contributed by atoms with Gasteiger partial charge < -0.3 is 14.5 Å². The van der Waals surface area contributed by atoms with Crippen LogP contribution in [0.2, 0.25) is 0 Å². The summed E-state index contributed by atoms with van der Waals surface area (Å²) in [6.45, 7) is 2.44. The maximum absolute atomic E-state index is 13.4. The number of amides is 1. The van der Waals surface area contributed by atoms with Crippen molar-refractivity contribution in [1.29, 1.82) is 0 Å². The number of aromatic nitrogens is 2. The second-order valence-electron chi connectivity index (χ2n) is 6.28. The summed E-state index contributed by atoms with van der Waals surface area (Å²) in [5.41, 5.74) is 0.661. The molecule has 3 heterocycles. The van der Waals surface area contributed by atoms with Crippen LogP contribution in [0.25, 0.3) is 0 Å². The average Bonchev–Trinajstić information content (AvgIpc) is 2.67. The lowest BCUT2D eigenvalue weighted by atomic mass is 9.94. The molecule has 0 spiro atoms. The SMILES string of the molecule is O=C(C1CCN(c2cnccn2)CC1)N1CCOc2cc(F)ccc21. The molecule has 7 heteroatoms. The van der Waals surface area contributed by atoms with Gasteiger partial charge in [-0.05, 0) is 25.0 Å². The molecule has 2 aromatic rings. The number of anilines is 2. The molecule has 6 nitrogen and oxygen atoms in total. The first-order valence-corrected chi connectivity index (χ1v) is 8.47. The maximum Gasteiger partial charge on any atom is 0.230 e. The lowest BCUT2D eigenvalue weighted by Crippen LogP contribution is -2.45. The number of benzene rings is 1. The summed E-state index contributed by atoms with van der Waals surface area (Å²) in [7, 11) is 0. The van der Waals surface area contributed by atoms with E-state index in [0.29, 0.717) is 24.6 Å². The zero-order chi connectivity index (χ0) is 17.2. The van der Waals surface area contributed by atoms with E-state index in [1.165, 1.54) is 12.1 Å². The first-order chi connectivity index (χ1) is 12.2. The van der Waals surface area contributed by atoms with Crippen LogP contribution in [0, 0.1) is 11.7 Å². The highest BCUT2D eigenvalue weighted by atomic mass is 19.1. The molecule has 0 bridgehead atoms. The van der Waals surface area contributed by atoms with Crippen LogP contribution in [0.15, 0.2) is 36.8 Å². The zero-order valence-corrected chi connectivity index (χ0v) is 13.8. The van der Waals surface area contributed by atoms with Crippen LogP contribution >= 0.6 is 0 Å². The van der Waals surface area contributed by atoms with Crippen LogP contribution < -0.4 is 14.5 Å². The standard InChI is InChI=1S/C18H19FN4O2/c19-14-1-2-15-16(11-14)25-10-9-23(15)18(24)13-3-7-22(8-4-13)17-12-20-5-6-21-17/h1-2,5-6,11-13H,3-4,7-10H2. The molecule has 2 aliphatic rings. The molecule has 0 N–H and O–H groups in total. The van der Waals surface area contributed by atoms with Crippen LogP contribution in [0.5, 0.6) is 5.75 Å². The second kappa shape index (κ2) is 6.66. The third-order valence-electron chi connectivity index (χ3n) is 4.77. The number of fused-ring (bicyclic) bond motifs is 1. The van der Waals surface area contributed by atoms with Crippen LogP contribution in [0.1, 0.15) is 12.8 Å². The Kier molecular flexibility index (Phi) is 4.21. The number of hydrogen-bond acceptors (Lipinski definition) is 5. The van der Waals surface area contributed by atoms with E-state index in [0.717, 1.165) is 31.7 Å². The molecule has 2 aliphatic heterocycles. The van der Waals surface area contributed by atoms with Gasteiger partial charge in [0.15, 0.2) is 0 Å². The van der Waals surface area contributed by atoms with Gasteiger partial charge in [0.1, 0.15) is 24.0 Å². The predicted molar refractivity (Wildman–Crippen MR) is 91.2 cm³/mol. The number of ether oxygens (including phenoxy) is 1. The van der Waals surface area contributed by atoms with Crippen LogP contribution in [-0.4, -0.2) is 42.1 Å². The Morgan fingerprint density at radius 3 is 2.80 bits per heavy atom. The van der Waals surface area contributed by atoms with Crippen molar-refractivity contribution in [3.05, 3.63) is 42.6 Å². The minimum Gasteiger partial charge on any atom is -0.489 e. The number of nitrogens with zero attached hydrogens (tertiary/aromatic N) is 4.